The van der Waals surface area contributed by atoms with Gasteiger partial charge in [0, 0.05) is 43.0 Å². The van der Waals surface area contributed by atoms with Crippen molar-refractivity contribution in [3.05, 3.63) is 59.4 Å². The lowest BCUT2D eigenvalue weighted by Gasteiger charge is -2.36. The highest BCUT2D eigenvalue weighted by Crippen LogP contribution is 2.32. The van der Waals surface area contributed by atoms with Gasteiger partial charge in [-0.15, -0.1) is 0 Å². The van der Waals surface area contributed by atoms with Gasteiger partial charge in [-0.3, -0.25) is 4.79 Å². The first-order chi connectivity index (χ1) is 15.9. The van der Waals surface area contributed by atoms with Crippen molar-refractivity contribution in [2.75, 3.05) is 26.2 Å². The molecule has 0 aliphatic carbocycles. The Kier molecular flexibility index (Phi) is 6.16. The molecule has 1 amide bonds. The molecule has 3 heterocycles. The summed E-state index contributed by atoms with van der Waals surface area (Å²) in [6, 6.07) is 14.0. The van der Waals surface area contributed by atoms with Crippen LogP contribution in [0.3, 0.4) is 0 Å². The van der Waals surface area contributed by atoms with Crippen molar-refractivity contribution in [2.24, 2.45) is 5.92 Å². The molecule has 9 heteroatoms. The second kappa shape index (κ2) is 9.08. The number of carbonyl (C=O) groups is 1. The van der Waals surface area contributed by atoms with Crippen LogP contribution in [0.5, 0.6) is 0 Å². The maximum Gasteiger partial charge on any atom is 0.243 e. The average molecular weight is 488 g/mol. The molecule has 1 aromatic heterocycles. The molecule has 5 rings (SSSR count). The third kappa shape index (κ3) is 4.52. The molecule has 33 heavy (non-hydrogen) atoms. The quantitative estimate of drug-likeness (QED) is 0.548. The van der Waals surface area contributed by atoms with E-state index in [0.717, 1.165) is 29.8 Å². The van der Waals surface area contributed by atoms with E-state index in [1.165, 1.54) is 16.4 Å². The van der Waals surface area contributed by atoms with Crippen LogP contribution in [0.25, 0.3) is 11.1 Å². The van der Waals surface area contributed by atoms with Crippen molar-refractivity contribution < 1.29 is 17.6 Å². The van der Waals surface area contributed by atoms with Crippen LogP contribution < -0.4 is 0 Å². The predicted molar refractivity (Wildman–Crippen MR) is 125 cm³/mol. The highest BCUT2D eigenvalue weighted by Gasteiger charge is 2.35. The fourth-order valence-electron chi connectivity index (χ4n) is 4.77. The van der Waals surface area contributed by atoms with Gasteiger partial charge in [0.05, 0.1) is 4.90 Å². The van der Waals surface area contributed by atoms with Crippen molar-refractivity contribution in [3.63, 3.8) is 0 Å². The summed E-state index contributed by atoms with van der Waals surface area (Å²) < 4.78 is 33.2. The predicted octanol–water partition coefficient (Wildman–Crippen LogP) is 4.29. The van der Waals surface area contributed by atoms with Gasteiger partial charge in [-0.1, -0.05) is 23.7 Å². The van der Waals surface area contributed by atoms with E-state index < -0.39 is 10.0 Å². The van der Waals surface area contributed by atoms with E-state index in [1.54, 1.807) is 12.1 Å². The number of piperidine rings is 2. The highest BCUT2D eigenvalue weighted by atomic mass is 35.5. The van der Waals surface area contributed by atoms with Crippen LogP contribution in [0.2, 0.25) is 5.02 Å². The summed E-state index contributed by atoms with van der Waals surface area (Å²) in [5.41, 5.74) is 1.66. The summed E-state index contributed by atoms with van der Waals surface area (Å²) in [7, 11) is -3.57. The van der Waals surface area contributed by atoms with Gasteiger partial charge < -0.3 is 9.32 Å². The number of carbonyl (C=O) groups excluding carboxylic acids is 1. The number of nitrogens with zero attached hydrogens (tertiary/aromatic N) is 3. The van der Waals surface area contributed by atoms with Gasteiger partial charge in [0.15, 0.2) is 11.5 Å². The molecule has 0 bridgehead atoms. The van der Waals surface area contributed by atoms with Gasteiger partial charge in [-0.05, 0) is 62.1 Å². The second-order valence-corrected chi connectivity index (χ2v) is 11.1. The van der Waals surface area contributed by atoms with Crippen molar-refractivity contribution in [3.8, 4) is 0 Å². The molecule has 3 aromatic rings. The van der Waals surface area contributed by atoms with Crippen molar-refractivity contribution in [1.82, 2.24) is 14.2 Å². The number of rotatable bonds is 4. The van der Waals surface area contributed by atoms with Gasteiger partial charge in [0.1, 0.15) is 5.52 Å². The first kappa shape index (κ1) is 22.4. The maximum absolute atomic E-state index is 13.1. The number of hydrogen-bond donors (Lipinski definition) is 0. The van der Waals surface area contributed by atoms with E-state index in [2.05, 4.69) is 4.98 Å². The Morgan fingerprint density at radius 1 is 0.939 bits per heavy atom. The molecule has 2 aliphatic heterocycles. The maximum atomic E-state index is 13.1. The van der Waals surface area contributed by atoms with Crippen LogP contribution in [-0.2, 0) is 14.8 Å². The molecule has 2 aromatic carbocycles. The zero-order valence-electron chi connectivity index (χ0n) is 18.2. The zero-order chi connectivity index (χ0) is 23.0. The number of fused-ring (bicyclic) bond motifs is 1. The van der Waals surface area contributed by atoms with E-state index in [1.807, 2.05) is 29.2 Å². The molecule has 0 spiro atoms. The summed E-state index contributed by atoms with van der Waals surface area (Å²) in [6.45, 7) is 2.04. The van der Waals surface area contributed by atoms with Gasteiger partial charge in [-0.25, -0.2) is 13.4 Å². The van der Waals surface area contributed by atoms with Crippen LogP contribution in [-0.4, -0.2) is 54.7 Å². The molecular formula is C24H26ClN3O4S. The van der Waals surface area contributed by atoms with Crippen LogP contribution in [0, 0.1) is 5.92 Å². The molecule has 2 saturated heterocycles. The summed E-state index contributed by atoms with van der Waals surface area (Å²) in [5, 5.41) is 0.498. The third-order valence-corrected chi connectivity index (χ3v) is 8.89. The summed E-state index contributed by atoms with van der Waals surface area (Å²) in [5.74, 6) is 0.967. The van der Waals surface area contributed by atoms with E-state index in [0.29, 0.717) is 44.0 Å². The molecule has 0 N–H and O–H groups in total. The summed E-state index contributed by atoms with van der Waals surface area (Å²) in [4.78, 5) is 19.9. The lowest BCUT2D eigenvalue weighted by atomic mass is 9.92. The highest BCUT2D eigenvalue weighted by molar-refractivity contribution is 7.89. The minimum absolute atomic E-state index is 0.134. The Balaban J connectivity index is 1.16. The number of oxazole rings is 1. The van der Waals surface area contributed by atoms with Crippen LogP contribution in [0.4, 0.5) is 0 Å². The summed E-state index contributed by atoms with van der Waals surface area (Å²) >= 11 is 5.88. The van der Waals surface area contributed by atoms with Crippen LogP contribution >= 0.6 is 11.6 Å². The first-order valence-corrected chi connectivity index (χ1v) is 13.1. The number of likely N-dealkylation sites (tertiary alicyclic amines) is 1. The number of amides is 1. The van der Waals surface area contributed by atoms with Crippen molar-refractivity contribution in [1.29, 1.82) is 0 Å². The minimum atomic E-state index is -3.57. The Labute approximate surface area is 198 Å². The molecular weight excluding hydrogens is 462 g/mol. The molecule has 2 aliphatic rings. The minimum Gasteiger partial charge on any atom is -0.440 e. The lowest BCUT2D eigenvalue weighted by Crippen LogP contribution is -2.46. The fourth-order valence-corrected chi connectivity index (χ4v) is 6.36. The Morgan fingerprint density at radius 2 is 1.61 bits per heavy atom. The second-order valence-electron chi connectivity index (χ2n) is 8.75. The van der Waals surface area contributed by atoms with Gasteiger partial charge in [-0.2, -0.15) is 4.31 Å². The zero-order valence-corrected chi connectivity index (χ0v) is 19.8. The number of hydrogen-bond acceptors (Lipinski definition) is 5. The van der Waals surface area contributed by atoms with Gasteiger partial charge in [0.2, 0.25) is 15.9 Å². The number of halogens is 1. The SMILES string of the molecule is O=C(C1CCN(S(=O)(=O)c2ccc(Cl)cc2)CC1)N1CCC(c2nc3ccccc3o2)CC1. The largest absolute Gasteiger partial charge is 0.440 e. The lowest BCUT2D eigenvalue weighted by molar-refractivity contribution is -0.137. The number of sulfonamides is 1. The van der Waals surface area contributed by atoms with Crippen molar-refractivity contribution in [2.45, 2.75) is 36.5 Å². The first-order valence-electron chi connectivity index (χ1n) is 11.3. The monoisotopic (exact) mass is 487 g/mol. The van der Waals surface area contributed by atoms with E-state index >= 15 is 0 Å². The van der Waals surface area contributed by atoms with Crippen LogP contribution in [0.1, 0.15) is 37.5 Å². The molecule has 0 atom stereocenters. The molecule has 0 radical (unpaired) electrons. The third-order valence-electron chi connectivity index (χ3n) is 6.72. The van der Waals surface area contributed by atoms with E-state index in [-0.39, 0.29) is 22.6 Å². The van der Waals surface area contributed by atoms with Crippen molar-refractivity contribution >= 4 is 38.6 Å². The Morgan fingerprint density at radius 3 is 2.27 bits per heavy atom. The van der Waals surface area contributed by atoms with E-state index in [9.17, 15) is 13.2 Å². The summed E-state index contributed by atoms with van der Waals surface area (Å²) in [6.07, 6.45) is 2.72. The van der Waals surface area contributed by atoms with Gasteiger partial charge >= 0.3 is 0 Å². The number of para-hydroxylation sites is 2. The standard InChI is InChI=1S/C24H26ClN3O4S/c25-19-5-7-20(8-6-19)33(30,31)28-15-11-18(12-16-28)24(29)27-13-9-17(10-14-27)23-26-21-3-1-2-4-22(21)32-23/h1-8,17-18H,9-16H2. The molecule has 0 saturated carbocycles. The molecule has 2 fully saturated rings. The average Bonchev–Trinajstić information content (AvgIpc) is 3.28. The molecule has 7 nitrogen and oxygen atoms in total. The number of aromatic nitrogens is 1. The molecule has 0 unspecified atom stereocenters. The van der Waals surface area contributed by atoms with Crippen LogP contribution in [0.15, 0.2) is 57.8 Å². The Bertz CT molecular complexity index is 1210. The number of benzene rings is 2. The Hall–Kier alpha value is -2.42. The smallest absolute Gasteiger partial charge is 0.243 e. The van der Waals surface area contributed by atoms with Gasteiger partial charge in [0.25, 0.3) is 0 Å². The topological polar surface area (TPSA) is 83.7 Å². The normalized spacial score (nSPS) is 19.2. The molecule has 174 valence electrons. The fraction of sp³-hybridized carbons (Fsp3) is 0.417. The van der Waals surface area contributed by atoms with E-state index in [4.69, 9.17) is 16.0 Å².